The topological polar surface area (TPSA) is 72.2 Å². The zero-order valence-corrected chi connectivity index (χ0v) is 9.16. The Kier molecular flexibility index (Phi) is 5.54. The van der Waals surface area contributed by atoms with Crippen molar-refractivity contribution in [2.24, 2.45) is 5.84 Å². The second kappa shape index (κ2) is 5.66. The highest BCUT2D eigenvalue weighted by molar-refractivity contribution is 7.91. The van der Waals surface area contributed by atoms with Crippen LogP contribution in [0.2, 0.25) is 0 Å². The van der Waals surface area contributed by atoms with Gasteiger partial charge in [0.2, 0.25) is 0 Å². The number of hydrazine groups is 1. The van der Waals surface area contributed by atoms with Gasteiger partial charge < -0.3 is 0 Å². The number of hydrogen-bond acceptors (Lipinski definition) is 4. The van der Waals surface area contributed by atoms with E-state index in [0.717, 1.165) is 0 Å². The van der Waals surface area contributed by atoms with Crippen LogP contribution in [-0.4, -0.2) is 32.1 Å². The summed E-state index contributed by atoms with van der Waals surface area (Å²) in [5.74, 6) is 4.43. The molecule has 1 atom stereocenters. The van der Waals surface area contributed by atoms with Gasteiger partial charge in [-0.1, -0.05) is 6.92 Å². The van der Waals surface area contributed by atoms with Crippen LogP contribution in [0.4, 0.5) is 13.2 Å². The summed E-state index contributed by atoms with van der Waals surface area (Å²) in [6, 6.07) is -1.84. The molecule has 0 amide bonds. The summed E-state index contributed by atoms with van der Waals surface area (Å²) in [5.41, 5.74) is 1.63. The first-order valence-electron chi connectivity index (χ1n) is 4.46. The summed E-state index contributed by atoms with van der Waals surface area (Å²) >= 11 is 0. The molecule has 0 spiro atoms. The third kappa shape index (κ3) is 5.95. The lowest BCUT2D eigenvalue weighted by atomic mass is 10.2. The molecular formula is C7H15F3N2O2S. The summed E-state index contributed by atoms with van der Waals surface area (Å²) in [4.78, 5) is 0. The molecule has 4 nitrogen and oxygen atoms in total. The largest absolute Gasteiger partial charge is 0.405 e. The van der Waals surface area contributed by atoms with E-state index in [1.54, 1.807) is 5.43 Å². The molecule has 8 heteroatoms. The van der Waals surface area contributed by atoms with Crippen LogP contribution in [0, 0.1) is 0 Å². The van der Waals surface area contributed by atoms with E-state index in [9.17, 15) is 21.6 Å². The van der Waals surface area contributed by atoms with Crippen molar-refractivity contribution in [1.29, 1.82) is 0 Å². The van der Waals surface area contributed by atoms with E-state index in [0.29, 0.717) is 0 Å². The average molecular weight is 248 g/mol. The third-order valence-electron chi connectivity index (χ3n) is 1.98. The van der Waals surface area contributed by atoms with E-state index in [4.69, 9.17) is 5.84 Å². The number of nitrogens with two attached hydrogens (primary N) is 1. The van der Waals surface area contributed by atoms with Crippen molar-refractivity contribution in [3.8, 4) is 0 Å². The molecule has 0 aliphatic rings. The van der Waals surface area contributed by atoms with Gasteiger partial charge >= 0.3 is 6.18 Å². The lowest BCUT2D eigenvalue weighted by Gasteiger charge is -2.18. The molecule has 3 N–H and O–H groups in total. The maximum Gasteiger partial charge on any atom is 0.405 e. The van der Waals surface area contributed by atoms with E-state index in [1.807, 2.05) is 0 Å². The first-order valence-corrected chi connectivity index (χ1v) is 6.28. The van der Waals surface area contributed by atoms with Gasteiger partial charge in [0, 0.05) is 5.75 Å². The quantitative estimate of drug-likeness (QED) is 0.533. The van der Waals surface area contributed by atoms with E-state index in [2.05, 4.69) is 0 Å². The molecule has 0 heterocycles. The zero-order valence-electron chi connectivity index (χ0n) is 8.34. The molecule has 0 saturated heterocycles. The Morgan fingerprint density at radius 3 is 2.27 bits per heavy atom. The van der Waals surface area contributed by atoms with Gasteiger partial charge in [0.1, 0.15) is 15.9 Å². The Morgan fingerprint density at radius 2 is 1.93 bits per heavy atom. The minimum atomic E-state index is -4.44. The summed E-state index contributed by atoms with van der Waals surface area (Å²) in [7, 11) is -3.20. The normalized spacial score (nSPS) is 15.3. The Balaban J connectivity index is 4.05. The fourth-order valence-corrected chi connectivity index (χ4v) is 1.89. The van der Waals surface area contributed by atoms with Gasteiger partial charge in [-0.25, -0.2) is 13.8 Å². The number of sulfone groups is 1. The second-order valence-corrected chi connectivity index (χ2v) is 5.61. The van der Waals surface area contributed by atoms with Crippen molar-refractivity contribution in [2.75, 3.05) is 11.5 Å². The lowest BCUT2D eigenvalue weighted by molar-refractivity contribution is -0.157. The van der Waals surface area contributed by atoms with Gasteiger partial charge in [0.15, 0.2) is 0 Å². The molecule has 0 saturated carbocycles. The summed E-state index contributed by atoms with van der Waals surface area (Å²) in [6.07, 6.45) is -4.82. The Morgan fingerprint density at radius 1 is 1.40 bits per heavy atom. The predicted molar refractivity (Wildman–Crippen MR) is 50.7 cm³/mol. The molecule has 0 radical (unpaired) electrons. The van der Waals surface area contributed by atoms with E-state index in [1.165, 1.54) is 6.92 Å². The molecule has 15 heavy (non-hydrogen) atoms. The first-order chi connectivity index (χ1) is 6.73. The molecule has 0 aromatic carbocycles. The van der Waals surface area contributed by atoms with Gasteiger partial charge in [-0.2, -0.15) is 13.2 Å². The summed E-state index contributed by atoms with van der Waals surface area (Å²) in [5, 5.41) is 0. The average Bonchev–Trinajstić information content (AvgIpc) is 2.10. The van der Waals surface area contributed by atoms with Crippen molar-refractivity contribution in [3.05, 3.63) is 0 Å². The number of halogens is 3. The van der Waals surface area contributed by atoms with Crippen LogP contribution in [-0.2, 0) is 9.84 Å². The van der Waals surface area contributed by atoms with Crippen molar-refractivity contribution < 1.29 is 21.6 Å². The Hall–Kier alpha value is -0.340. The van der Waals surface area contributed by atoms with E-state index in [-0.39, 0.29) is 24.3 Å². The third-order valence-corrected chi connectivity index (χ3v) is 3.77. The molecule has 0 aliphatic carbocycles. The van der Waals surface area contributed by atoms with Crippen LogP contribution in [0.5, 0.6) is 0 Å². The molecule has 0 fully saturated rings. The van der Waals surface area contributed by atoms with Gasteiger partial charge in [0.25, 0.3) is 0 Å². The standard InChI is InChI=1S/C7H15F3N2O2S/c1-2-15(13,14)5-3-4-6(12-11)7(8,9)10/h6,12H,2-5,11H2,1H3. The van der Waals surface area contributed by atoms with Crippen molar-refractivity contribution >= 4 is 9.84 Å². The predicted octanol–water partition coefficient (Wildman–Crippen LogP) is 0.596. The highest BCUT2D eigenvalue weighted by Crippen LogP contribution is 2.22. The van der Waals surface area contributed by atoms with Crippen molar-refractivity contribution in [1.82, 2.24) is 5.43 Å². The van der Waals surface area contributed by atoms with Gasteiger partial charge in [-0.05, 0) is 12.8 Å². The molecule has 0 aliphatic heterocycles. The first kappa shape index (κ1) is 14.7. The fraction of sp³-hybridized carbons (Fsp3) is 1.00. The molecule has 0 aromatic heterocycles. The number of hydrogen-bond donors (Lipinski definition) is 2. The van der Waals surface area contributed by atoms with Crippen LogP contribution < -0.4 is 11.3 Å². The molecular weight excluding hydrogens is 233 g/mol. The maximum absolute atomic E-state index is 12.1. The van der Waals surface area contributed by atoms with Crippen molar-refractivity contribution in [3.63, 3.8) is 0 Å². The van der Waals surface area contributed by atoms with E-state index < -0.39 is 22.1 Å². The van der Waals surface area contributed by atoms with Gasteiger partial charge in [0.05, 0.1) is 5.75 Å². The highest BCUT2D eigenvalue weighted by Gasteiger charge is 2.38. The molecule has 1 unspecified atom stereocenters. The minimum Gasteiger partial charge on any atom is -0.271 e. The number of alkyl halides is 3. The molecule has 0 bridgehead atoms. The fourth-order valence-electron chi connectivity index (χ4n) is 0.993. The van der Waals surface area contributed by atoms with Crippen LogP contribution in [0.15, 0.2) is 0 Å². The highest BCUT2D eigenvalue weighted by atomic mass is 32.2. The van der Waals surface area contributed by atoms with Gasteiger partial charge in [-0.15, -0.1) is 0 Å². The molecule has 0 aromatic rings. The lowest BCUT2D eigenvalue weighted by Crippen LogP contribution is -2.46. The van der Waals surface area contributed by atoms with Crippen molar-refractivity contribution in [2.45, 2.75) is 32.0 Å². The van der Waals surface area contributed by atoms with Crippen LogP contribution in [0.3, 0.4) is 0 Å². The number of rotatable bonds is 6. The van der Waals surface area contributed by atoms with Gasteiger partial charge in [-0.3, -0.25) is 5.84 Å². The van der Waals surface area contributed by atoms with E-state index >= 15 is 0 Å². The summed E-state index contributed by atoms with van der Waals surface area (Å²) < 4.78 is 58.4. The van der Waals surface area contributed by atoms with Crippen LogP contribution in [0.1, 0.15) is 19.8 Å². The number of nitrogens with one attached hydrogen (secondary N) is 1. The smallest absolute Gasteiger partial charge is 0.271 e. The second-order valence-electron chi connectivity index (χ2n) is 3.14. The minimum absolute atomic E-state index is 0.0510. The Labute approximate surface area is 86.9 Å². The monoisotopic (exact) mass is 248 g/mol. The SMILES string of the molecule is CCS(=O)(=O)CCCC(NN)C(F)(F)F. The molecule has 0 rings (SSSR count). The maximum atomic E-state index is 12.1. The molecule has 92 valence electrons. The Bertz CT molecular complexity index is 276. The van der Waals surface area contributed by atoms with Crippen LogP contribution in [0.25, 0.3) is 0 Å². The zero-order chi connectivity index (χ0) is 12.1. The summed E-state index contributed by atoms with van der Waals surface area (Å²) in [6.45, 7) is 1.46. The van der Waals surface area contributed by atoms with Crippen LogP contribution >= 0.6 is 0 Å².